The number of rotatable bonds is 7. The second kappa shape index (κ2) is 7.53. The van der Waals surface area contributed by atoms with Crippen molar-refractivity contribution in [2.24, 2.45) is 0 Å². The Balaban J connectivity index is 1.88. The molecule has 2 N–H and O–H groups in total. The third kappa shape index (κ3) is 4.61. The molecule has 0 spiro atoms. The number of hydrogen-bond donors (Lipinski definition) is 2. The maximum Gasteiger partial charge on any atom is 0.220 e. The minimum absolute atomic E-state index is 0.0757. The number of methoxy groups -OCH3 is 1. The topological polar surface area (TPSA) is 71.7 Å². The zero-order chi connectivity index (χ0) is 17.7. The van der Waals surface area contributed by atoms with Crippen LogP contribution >= 0.6 is 0 Å². The lowest BCUT2D eigenvalue weighted by Gasteiger charge is -2.22. The summed E-state index contributed by atoms with van der Waals surface area (Å²) in [7, 11) is 1.62. The van der Waals surface area contributed by atoms with Gasteiger partial charge in [-0.05, 0) is 49.6 Å². The van der Waals surface area contributed by atoms with Crippen LogP contribution < -0.4 is 10.1 Å². The Morgan fingerprint density at radius 1 is 1.29 bits per heavy atom. The van der Waals surface area contributed by atoms with E-state index in [1.54, 1.807) is 26.2 Å². The van der Waals surface area contributed by atoms with Crippen LogP contribution in [-0.4, -0.2) is 24.7 Å². The van der Waals surface area contributed by atoms with Crippen LogP contribution in [0.3, 0.4) is 0 Å². The third-order valence-corrected chi connectivity index (χ3v) is 4.08. The van der Waals surface area contributed by atoms with E-state index in [9.17, 15) is 9.90 Å². The molecule has 0 aliphatic rings. The molecule has 0 bridgehead atoms. The molecule has 0 radical (unpaired) electrons. The van der Waals surface area contributed by atoms with Crippen molar-refractivity contribution in [3.8, 4) is 5.75 Å². The number of benzene rings is 1. The molecule has 5 nitrogen and oxygen atoms in total. The van der Waals surface area contributed by atoms with Gasteiger partial charge in [-0.25, -0.2) is 0 Å². The first-order valence-corrected chi connectivity index (χ1v) is 8.02. The summed E-state index contributed by atoms with van der Waals surface area (Å²) < 4.78 is 10.6. The van der Waals surface area contributed by atoms with Gasteiger partial charge >= 0.3 is 0 Å². The molecule has 1 aromatic heterocycles. The standard InChI is InChI=1S/C19H25NO4/c1-13(15-6-8-16(23-4)9-7-15)11-18(21)20-12-19(3,22)17-10-5-14(2)24-17/h5-10,13,22H,11-12H2,1-4H3,(H,20,21). The normalized spacial score (nSPS) is 14.7. The van der Waals surface area contributed by atoms with Crippen molar-refractivity contribution in [3.63, 3.8) is 0 Å². The fourth-order valence-electron chi connectivity index (χ4n) is 2.48. The van der Waals surface area contributed by atoms with Crippen molar-refractivity contribution in [3.05, 3.63) is 53.5 Å². The number of ether oxygens (including phenoxy) is 1. The van der Waals surface area contributed by atoms with Crippen LogP contribution in [0, 0.1) is 6.92 Å². The van der Waals surface area contributed by atoms with Crippen molar-refractivity contribution in [1.29, 1.82) is 0 Å². The van der Waals surface area contributed by atoms with E-state index in [0.29, 0.717) is 12.2 Å². The van der Waals surface area contributed by atoms with E-state index < -0.39 is 5.60 Å². The van der Waals surface area contributed by atoms with Crippen LogP contribution in [0.15, 0.2) is 40.8 Å². The number of carbonyl (C=O) groups excluding carboxylic acids is 1. The fraction of sp³-hybridized carbons (Fsp3) is 0.421. The Morgan fingerprint density at radius 2 is 1.96 bits per heavy atom. The van der Waals surface area contributed by atoms with Gasteiger partial charge in [0.05, 0.1) is 13.7 Å². The van der Waals surface area contributed by atoms with Gasteiger partial charge in [0, 0.05) is 6.42 Å². The van der Waals surface area contributed by atoms with Gasteiger partial charge in [0.25, 0.3) is 0 Å². The van der Waals surface area contributed by atoms with Crippen molar-refractivity contribution in [1.82, 2.24) is 5.32 Å². The second-order valence-electron chi connectivity index (χ2n) is 6.34. The van der Waals surface area contributed by atoms with Crippen LogP contribution in [0.2, 0.25) is 0 Å². The van der Waals surface area contributed by atoms with Crippen LogP contribution in [0.4, 0.5) is 0 Å². The van der Waals surface area contributed by atoms with Gasteiger partial charge in [-0.2, -0.15) is 0 Å². The number of furan rings is 1. The van der Waals surface area contributed by atoms with Crippen molar-refractivity contribution in [2.45, 2.75) is 38.7 Å². The molecule has 24 heavy (non-hydrogen) atoms. The molecule has 1 heterocycles. The van der Waals surface area contributed by atoms with Gasteiger partial charge in [0.15, 0.2) is 0 Å². The summed E-state index contributed by atoms with van der Waals surface area (Å²) in [6, 6.07) is 11.2. The van der Waals surface area contributed by atoms with Gasteiger partial charge in [0.2, 0.25) is 5.91 Å². The van der Waals surface area contributed by atoms with Crippen LogP contribution in [0.25, 0.3) is 0 Å². The number of hydrogen-bond acceptors (Lipinski definition) is 4. The molecule has 5 heteroatoms. The molecule has 0 fully saturated rings. The Labute approximate surface area is 142 Å². The lowest BCUT2D eigenvalue weighted by atomic mass is 9.97. The number of carbonyl (C=O) groups is 1. The highest BCUT2D eigenvalue weighted by atomic mass is 16.5. The van der Waals surface area contributed by atoms with E-state index in [-0.39, 0.29) is 18.4 Å². The molecule has 2 atom stereocenters. The van der Waals surface area contributed by atoms with Gasteiger partial charge in [-0.15, -0.1) is 0 Å². The Morgan fingerprint density at radius 3 is 2.50 bits per heavy atom. The summed E-state index contributed by atoms with van der Waals surface area (Å²) in [6.45, 7) is 5.54. The fourth-order valence-corrected chi connectivity index (χ4v) is 2.48. The summed E-state index contributed by atoms with van der Waals surface area (Å²) in [6.07, 6.45) is 0.347. The van der Waals surface area contributed by atoms with E-state index in [4.69, 9.17) is 9.15 Å². The molecule has 1 amide bonds. The van der Waals surface area contributed by atoms with E-state index in [0.717, 1.165) is 17.1 Å². The number of amides is 1. The summed E-state index contributed by atoms with van der Waals surface area (Å²) >= 11 is 0. The molecule has 2 unspecified atom stereocenters. The van der Waals surface area contributed by atoms with Crippen LogP contribution in [-0.2, 0) is 10.4 Å². The average Bonchev–Trinajstić information content (AvgIpc) is 3.00. The molecule has 130 valence electrons. The van der Waals surface area contributed by atoms with Gasteiger partial charge in [-0.3, -0.25) is 4.79 Å². The maximum atomic E-state index is 12.2. The minimum Gasteiger partial charge on any atom is -0.497 e. The zero-order valence-electron chi connectivity index (χ0n) is 14.6. The zero-order valence-corrected chi connectivity index (χ0v) is 14.6. The SMILES string of the molecule is COc1ccc(C(C)CC(=O)NCC(C)(O)c2ccc(C)o2)cc1. The molecular weight excluding hydrogens is 306 g/mol. The minimum atomic E-state index is -1.23. The smallest absolute Gasteiger partial charge is 0.220 e. The monoisotopic (exact) mass is 331 g/mol. The number of nitrogens with one attached hydrogen (secondary N) is 1. The first-order chi connectivity index (χ1) is 11.3. The predicted molar refractivity (Wildman–Crippen MR) is 92.1 cm³/mol. The Bertz CT molecular complexity index is 673. The average molecular weight is 331 g/mol. The predicted octanol–water partition coefficient (Wildman–Crippen LogP) is 3.11. The number of aliphatic hydroxyl groups is 1. The lowest BCUT2D eigenvalue weighted by molar-refractivity contribution is -0.122. The molecule has 0 aliphatic heterocycles. The molecule has 0 aliphatic carbocycles. The van der Waals surface area contributed by atoms with Gasteiger partial charge in [-0.1, -0.05) is 19.1 Å². The first-order valence-electron chi connectivity index (χ1n) is 8.02. The first kappa shape index (κ1) is 18.1. The van der Waals surface area contributed by atoms with Crippen LogP contribution in [0.5, 0.6) is 5.75 Å². The maximum absolute atomic E-state index is 12.2. The van der Waals surface area contributed by atoms with Crippen molar-refractivity contribution >= 4 is 5.91 Å². The van der Waals surface area contributed by atoms with Crippen LogP contribution in [0.1, 0.15) is 43.3 Å². The second-order valence-corrected chi connectivity index (χ2v) is 6.34. The molecule has 2 aromatic rings. The largest absolute Gasteiger partial charge is 0.497 e. The van der Waals surface area contributed by atoms with Gasteiger partial charge < -0.3 is 19.6 Å². The summed E-state index contributed by atoms with van der Waals surface area (Å²) in [4.78, 5) is 12.2. The third-order valence-electron chi connectivity index (χ3n) is 4.08. The van der Waals surface area contributed by atoms with Gasteiger partial charge in [0.1, 0.15) is 22.9 Å². The van der Waals surface area contributed by atoms with E-state index in [2.05, 4.69) is 5.32 Å². The molecule has 1 aromatic carbocycles. The lowest BCUT2D eigenvalue weighted by Crippen LogP contribution is -2.38. The molecular formula is C19H25NO4. The Kier molecular flexibility index (Phi) is 5.67. The van der Waals surface area contributed by atoms with E-state index in [1.807, 2.05) is 38.1 Å². The summed E-state index contributed by atoms with van der Waals surface area (Å²) in [5.41, 5.74) is -0.160. The molecule has 0 saturated heterocycles. The highest BCUT2D eigenvalue weighted by Crippen LogP contribution is 2.23. The summed E-state index contributed by atoms with van der Waals surface area (Å²) in [5.74, 6) is 1.93. The summed E-state index contributed by atoms with van der Waals surface area (Å²) in [5, 5.41) is 13.2. The number of aryl methyl sites for hydroxylation is 1. The molecule has 2 rings (SSSR count). The Hall–Kier alpha value is -2.27. The van der Waals surface area contributed by atoms with E-state index in [1.165, 1.54) is 0 Å². The highest BCUT2D eigenvalue weighted by molar-refractivity contribution is 5.76. The van der Waals surface area contributed by atoms with E-state index >= 15 is 0 Å². The quantitative estimate of drug-likeness (QED) is 0.818. The molecule has 0 saturated carbocycles. The van der Waals surface area contributed by atoms with Crippen molar-refractivity contribution in [2.75, 3.05) is 13.7 Å². The van der Waals surface area contributed by atoms with Crippen molar-refractivity contribution < 1.29 is 19.1 Å². The highest BCUT2D eigenvalue weighted by Gasteiger charge is 2.27.